The zero-order valence-corrected chi connectivity index (χ0v) is 10.7. The van der Waals surface area contributed by atoms with Crippen LogP contribution in [0.1, 0.15) is 65.2 Å². The van der Waals surface area contributed by atoms with Gasteiger partial charge in [0.2, 0.25) is 0 Å². The molecular formula is C14H29N. The van der Waals surface area contributed by atoms with E-state index >= 15 is 0 Å². The normalized spacial score (nSPS) is 29.0. The third kappa shape index (κ3) is 3.79. The molecule has 0 spiro atoms. The summed E-state index contributed by atoms with van der Waals surface area (Å²) in [5.41, 5.74) is 5.75. The molecule has 1 rings (SSSR count). The topological polar surface area (TPSA) is 26.0 Å². The highest BCUT2D eigenvalue weighted by Gasteiger charge is 2.29. The number of hydrogen-bond acceptors (Lipinski definition) is 1. The zero-order valence-electron chi connectivity index (χ0n) is 10.7. The molecule has 0 heterocycles. The van der Waals surface area contributed by atoms with E-state index in [9.17, 15) is 0 Å². The van der Waals surface area contributed by atoms with Crippen molar-refractivity contribution in [3.63, 3.8) is 0 Å². The molecule has 0 aromatic heterocycles. The first-order valence-corrected chi connectivity index (χ1v) is 7.03. The second kappa shape index (κ2) is 7.27. The molecule has 90 valence electrons. The Morgan fingerprint density at radius 3 is 2.47 bits per heavy atom. The van der Waals surface area contributed by atoms with Crippen LogP contribution in [0.3, 0.4) is 0 Å². The average Bonchev–Trinajstić information content (AvgIpc) is 2.29. The van der Waals surface area contributed by atoms with Crippen molar-refractivity contribution >= 4 is 0 Å². The largest absolute Gasteiger partial charge is 0.330 e. The van der Waals surface area contributed by atoms with E-state index < -0.39 is 0 Å². The lowest BCUT2D eigenvalue weighted by molar-refractivity contribution is 0.142. The van der Waals surface area contributed by atoms with Crippen molar-refractivity contribution in [3.8, 4) is 0 Å². The number of rotatable bonds is 6. The van der Waals surface area contributed by atoms with E-state index in [0.29, 0.717) is 0 Å². The van der Waals surface area contributed by atoms with Crippen molar-refractivity contribution in [2.75, 3.05) is 6.54 Å². The number of nitrogens with two attached hydrogens (primary N) is 1. The van der Waals surface area contributed by atoms with Gasteiger partial charge in [0, 0.05) is 0 Å². The second-order valence-corrected chi connectivity index (χ2v) is 5.24. The molecule has 1 aliphatic rings. The highest BCUT2D eigenvalue weighted by atomic mass is 14.5. The van der Waals surface area contributed by atoms with E-state index in [1.54, 1.807) is 0 Å². The molecule has 0 amide bonds. The third-order valence-corrected chi connectivity index (χ3v) is 4.29. The highest BCUT2D eigenvalue weighted by molar-refractivity contribution is 4.80. The summed E-state index contributed by atoms with van der Waals surface area (Å²) in [7, 11) is 0. The first-order chi connectivity index (χ1) is 7.33. The van der Waals surface area contributed by atoms with E-state index in [2.05, 4.69) is 13.8 Å². The van der Waals surface area contributed by atoms with Crippen LogP contribution >= 0.6 is 0 Å². The van der Waals surface area contributed by atoms with Gasteiger partial charge in [-0.3, -0.25) is 0 Å². The van der Waals surface area contributed by atoms with E-state index in [4.69, 9.17) is 5.73 Å². The Bertz CT molecular complexity index is 149. The lowest BCUT2D eigenvalue weighted by atomic mass is 9.69. The molecule has 1 nitrogen and oxygen atoms in total. The van der Waals surface area contributed by atoms with Crippen molar-refractivity contribution < 1.29 is 0 Å². The summed E-state index contributed by atoms with van der Waals surface area (Å²) < 4.78 is 0. The minimum Gasteiger partial charge on any atom is -0.330 e. The van der Waals surface area contributed by atoms with Gasteiger partial charge in [0.05, 0.1) is 0 Å². The Balaban J connectivity index is 2.53. The summed E-state index contributed by atoms with van der Waals surface area (Å²) in [4.78, 5) is 0. The molecule has 1 saturated carbocycles. The summed E-state index contributed by atoms with van der Waals surface area (Å²) in [5, 5.41) is 0. The summed E-state index contributed by atoms with van der Waals surface area (Å²) in [6, 6.07) is 0. The molecule has 0 aliphatic heterocycles. The molecule has 0 radical (unpaired) electrons. The molecule has 3 atom stereocenters. The minimum absolute atomic E-state index is 0.887. The molecule has 3 unspecified atom stereocenters. The highest BCUT2D eigenvalue weighted by Crippen LogP contribution is 2.39. The van der Waals surface area contributed by atoms with Crippen LogP contribution in [0.2, 0.25) is 0 Å². The standard InChI is InChI=1S/C14H29N/c1-3-7-13(10-11-15)14-9-6-5-8-12(14)4-2/h12-14H,3-11,15H2,1-2H3. The maximum absolute atomic E-state index is 5.75. The maximum Gasteiger partial charge on any atom is -0.00745 e. The lowest BCUT2D eigenvalue weighted by Crippen LogP contribution is -2.28. The van der Waals surface area contributed by atoms with Crippen molar-refractivity contribution in [3.05, 3.63) is 0 Å². The summed E-state index contributed by atoms with van der Waals surface area (Å²) in [6.07, 6.45) is 11.3. The molecule has 0 aromatic rings. The maximum atomic E-state index is 5.75. The van der Waals surface area contributed by atoms with Crippen LogP contribution in [0.4, 0.5) is 0 Å². The number of hydrogen-bond donors (Lipinski definition) is 1. The van der Waals surface area contributed by atoms with Crippen LogP contribution in [0.25, 0.3) is 0 Å². The molecule has 2 N–H and O–H groups in total. The summed E-state index contributed by atoms with van der Waals surface area (Å²) in [5.74, 6) is 2.92. The second-order valence-electron chi connectivity index (χ2n) is 5.24. The fourth-order valence-electron chi connectivity index (χ4n) is 3.52. The first kappa shape index (κ1) is 13.0. The molecule has 15 heavy (non-hydrogen) atoms. The van der Waals surface area contributed by atoms with Crippen molar-refractivity contribution in [1.82, 2.24) is 0 Å². The predicted octanol–water partition coefficient (Wildman–Crippen LogP) is 3.97. The molecule has 0 bridgehead atoms. The van der Waals surface area contributed by atoms with Crippen LogP contribution < -0.4 is 5.73 Å². The molecule has 1 heteroatoms. The first-order valence-electron chi connectivity index (χ1n) is 7.03. The van der Waals surface area contributed by atoms with Gasteiger partial charge in [0.25, 0.3) is 0 Å². The van der Waals surface area contributed by atoms with Gasteiger partial charge in [-0.1, -0.05) is 52.4 Å². The SMILES string of the molecule is CCCC(CCN)C1CCCCC1CC. The Morgan fingerprint density at radius 2 is 1.87 bits per heavy atom. The van der Waals surface area contributed by atoms with Gasteiger partial charge >= 0.3 is 0 Å². The van der Waals surface area contributed by atoms with Crippen LogP contribution in [0.15, 0.2) is 0 Å². The molecule has 1 fully saturated rings. The van der Waals surface area contributed by atoms with Gasteiger partial charge in [-0.2, -0.15) is 0 Å². The van der Waals surface area contributed by atoms with Crippen LogP contribution in [-0.2, 0) is 0 Å². The fourth-order valence-corrected chi connectivity index (χ4v) is 3.52. The fraction of sp³-hybridized carbons (Fsp3) is 1.00. The smallest absolute Gasteiger partial charge is 0.00745 e. The van der Waals surface area contributed by atoms with Crippen LogP contribution in [0, 0.1) is 17.8 Å². The van der Waals surface area contributed by atoms with E-state index in [1.165, 1.54) is 51.4 Å². The molecular weight excluding hydrogens is 182 g/mol. The lowest BCUT2D eigenvalue weighted by Gasteiger charge is -2.37. The Hall–Kier alpha value is -0.0400. The Kier molecular flexibility index (Phi) is 6.31. The third-order valence-electron chi connectivity index (χ3n) is 4.29. The quantitative estimate of drug-likeness (QED) is 0.707. The zero-order chi connectivity index (χ0) is 11.1. The van der Waals surface area contributed by atoms with Crippen LogP contribution in [-0.4, -0.2) is 6.54 Å². The van der Waals surface area contributed by atoms with Gasteiger partial charge in [-0.25, -0.2) is 0 Å². The Morgan fingerprint density at radius 1 is 1.13 bits per heavy atom. The Labute approximate surface area is 95.8 Å². The summed E-state index contributed by atoms with van der Waals surface area (Å²) in [6.45, 7) is 5.57. The van der Waals surface area contributed by atoms with Gasteiger partial charge in [0.1, 0.15) is 0 Å². The van der Waals surface area contributed by atoms with Crippen molar-refractivity contribution in [2.24, 2.45) is 23.5 Å². The van der Waals surface area contributed by atoms with Crippen molar-refractivity contribution in [1.29, 1.82) is 0 Å². The van der Waals surface area contributed by atoms with Gasteiger partial charge in [-0.05, 0) is 37.1 Å². The monoisotopic (exact) mass is 211 g/mol. The molecule has 0 saturated heterocycles. The minimum atomic E-state index is 0.887. The average molecular weight is 211 g/mol. The van der Waals surface area contributed by atoms with Crippen LogP contribution in [0.5, 0.6) is 0 Å². The van der Waals surface area contributed by atoms with E-state index in [-0.39, 0.29) is 0 Å². The van der Waals surface area contributed by atoms with Crippen molar-refractivity contribution in [2.45, 2.75) is 65.2 Å². The van der Waals surface area contributed by atoms with Gasteiger partial charge in [-0.15, -0.1) is 0 Å². The predicted molar refractivity (Wildman–Crippen MR) is 67.8 cm³/mol. The van der Waals surface area contributed by atoms with E-state index in [1.807, 2.05) is 0 Å². The molecule has 1 aliphatic carbocycles. The van der Waals surface area contributed by atoms with E-state index in [0.717, 1.165) is 24.3 Å². The van der Waals surface area contributed by atoms with Gasteiger partial charge < -0.3 is 5.73 Å². The van der Waals surface area contributed by atoms with Gasteiger partial charge in [0.15, 0.2) is 0 Å². The molecule has 0 aromatic carbocycles. The summed E-state index contributed by atoms with van der Waals surface area (Å²) >= 11 is 0.